The third-order valence-corrected chi connectivity index (χ3v) is 4.61. The summed E-state index contributed by atoms with van der Waals surface area (Å²) < 4.78 is 25.2. The SMILES string of the molecule is CCC1CN(CCc2cc(Cl)cc(Cl)c2)CCN1CC(F)F. The number of halogens is 4. The van der Waals surface area contributed by atoms with Crippen LogP contribution in [-0.2, 0) is 6.42 Å². The predicted molar refractivity (Wildman–Crippen MR) is 88.3 cm³/mol. The number of hydrogen-bond acceptors (Lipinski definition) is 2. The molecule has 0 radical (unpaired) electrons. The van der Waals surface area contributed by atoms with E-state index in [1.807, 2.05) is 17.0 Å². The highest BCUT2D eigenvalue weighted by Gasteiger charge is 2.27. The molecule has 1 fully saturated rings. The summed E-state index contributed by atoms with van der Waals surface area (Å²) in [5.41, 5.74) is 1.11. The quantitative estimate of drug-likeness (QED) is 0.758. The second kappa shape index (κ2) is 8.44. The van der Waals surface area contributed by atoms with Gasteiger partial charge in [-0.3, -0.25) is 4.90 Å². The maximum atomic E-state index is 12.6. The van der Waals surface area contributed by atoms with Crippen molar-refractivity contribution in [1.82, 2.24) is 9.80 Å². The highest BCUT2D eigenvalue weighted by molar-refractivity contribution is 6.34. The minimum absolute atomic E-state index is 0.115. The summed E-state index contributed by atoms with van der Waals surface area (Å²) in [6.45, 7) is 5.23. The normalized spacial score (nSPS) is 20.7. The Morgan fingerprint density at radius 2 is 1.86 bits per heavy atom. The molecule has 0 saturated carbocycles. The number of piperazine rings is 1. The Kier molecular flexibility index (Phi) is 6.87. The van der Waals surface area contributed by atoms with Gasteiger partial charge in [-0.2, -0.15) is 0 Å². The summed E-state index contributed by atoms with van der Waals surface area (Å²) in [4.78, 5) is 4.25. The van der Waals surface area contributed by atoms with Gasteiger partial charge in [0.05, 0.1) is 6.54 Å². The van der Waals surface area contributed by atoms with Crippen molar-refractivity contribution >= 4 is 23.2 Å². The summed E-state index contributed by atoms with van der Waals surface area (Å²) in [5.74, 6) is 0. The van der Waals surface area contributed by atoms with E-state index in [0.29, 0.717) is 16.6 Å². The van der Waals surface area contributed by atoms with Crippen LogP contribution in [0.5, 0.6) is 0 Å². The summed E-state index contributed by atoms with van der Waals surface area (Å²) in [7, 11) is 0. The van der Waals surface area contributed by atoms with Crippen LogP contribution < -0.4 is 0 Å². The van der Waals surface area contributed by atoms with Gasteiger partial charge in [0.2, 0.25) is 0 Å². The minimum Gasteiger partial charge on any atom is -0.300 e. The first-order chi connectivity index (χ1) is 10.5. The third-order valence-electron chi connectivity index (χ3n) is 4.17. The van der Waals surface area contributed by atoms with Gasteiger partial charge >= 0.3 is 0 Å². The van der Waals surface area contributed by atoms with E-state index in [2.05, 4.69) is 11.8 Å². The van der Waals surface area contributed by atoms with Crippen LogP contribution in [-0.4, -0.2) is 55.0 Å². The summed E-state index contributed by atoms with van der Waals surface area (Å²) in [6.07, 6.45) is -0.494. The molecule has 1 unspecified atom stereocenters. The molecule has 2 rings (SSSR count). The van der Waals surface area contributed by atoms with Crippen LogP contribution in [0.15, 0.2) is 18.2 Å². The fourth-order valence-electron chi connectivity index (χ4n) is 3.01. The second-order valence-corrected chi connectivity index (χ2v) is 6.65. The van der Waals surface area contributed by atoms with E-state index in [0.717, 1.165) is 38.0 Å². The fourth-order valence-corrected chi connectivity index (χ4v) is 3.58. The average molecular weight is 351 g/mol. The molecule has 1 heterocycles. The number of alkyl halides is 2. The molecular weight excluding hydrogens is 329 g/mol. The zero-order valence-corrected chi connectivity index (χ0v) is 14.3. The van der Waals surface area contributed by atoms with Gasteiger partial charge < -0.3 is 4.90 Å². The standard InChI is InChI=1S/C16H22Cl2F2N2/c1-2-15-10-21(5-6-22(15)11-16(19)20)4-3-12-7-13(17)9-14(18)8-12/h7-9,15-16H,2-6,10-11H2,1H3. The topological polar surface area (TPSA) is 6.48 Å². The largest absolute Gasteiger partial charge is 0.300 e. The van der Waals surface area contributed by atoms with E-state index in [4.69, 9.17) is 23.2 Å². The molecule has 0 aliphatic carbocycles. The van der Waals surface area contributed by atoms with Crippen molar-refractivity contribution in [3.8, 4) is 0 Å². The maximum absolute atomic E-state index is 12.6. The van der Waals surface area contributed by atoms with Crippen molar-refractivity contribution in [2.45, 2.75) is 32.2 Å². The van der Waals surface area contributed by atoms with Crippen molar-refractivity contribution in [1.29, 1.82) is 0 Å². The molecule has 1 aromatic carbocycles. The Morgan fingerprint density at radius 1 is 1.18 bits per heavy atom. The van der Waals surface area contributed by atoms with E-state index in [1.165, 1.54) is 0 Å². The van der Waals surface area contributed by atoms with Crippen LogP contribution in [0.25, 0.3) is 0 Å². The molecule has 1 saturated heterocycles. The molecule has 6 heteroatoms. The van der Waals surface area contributed by atoms with Gasteiger partial charge in [-0.25, -0.2) is 8.78 Å². The number of benzene rings is 1. The van der Waals surface area contributed by atoms with E-state index in [-0.39, 0.29) is 12.6 Å². The van der Waals surface area contributed by atoms with Crippen LogP contribution in [0.3, 0.4) is 0 Å². The zero-order valence-electron chi connectivity index (χ0n) is 12.7. The van der Waals surface area contributed by atoms with Gasteiger partial charge in [0.15, 0.2) is 0 Å². The van der Waals surface area contributed by atoms with Gasteiger partial charge in [-0.15, -0.1) is 0 Å². The lowest BCUT2D eigenvalue weighted by molar-refractivity contribution is 0.0196. The van der Waals surface area contributed by atoms with E-state index in [1.54, 1.807) is 6.07 Å². The predicted octanol–water partition coefficient (Wildman–Crippen LogP) is 4.20. The smallest absolute Gasteiger partial charge is 0.251 e. The minimum atomic E-state index is -2.26. The highest BCUT2D eigenvalue weighted by Crippen LogP contribution is 2.20. The molecule has 1 aliphatic rings. The maximum Gasteiger partial charge on any atom is 0.251 e. The van der Waals surface area contributed by atoms with Crippen molar-refractivity contribution in [3.63, 3.8) is 0 Å². The first kappa shape index (κ1) is 17.9. The van der Waals surface area contributed by atoms with Gasteiger partial charge in [0.25, 0.3) is 6.43 Å². The number of nitrogens with zero attached hydrogens (tertiary/aromatic N) is 2. The van der Waals surface area contributed by atoms with E-state index in [9.17, 15) is 8.78 Å². The first-order valence-electron chi connectivity index (χ1n) is 7.67. The number of rotatable bonds is 6. The third kappa shape index (κ3) is 5.34. The van der Waals surface area contributed by atoms with Crippen LogP contribution >= 0.6 is 23.2 Å². The summed E-state index contributed by atoms with van der Waals surface area (Å²) >= 11 is 12.0. The highest BCUT2D eigenvalue weighted by atomic mass is 35.5. The zero-order chi connectivity index (χ0) is 16.1. The van der Waals surface area contributed by atoms with Gasteiger partial charge in [0.1, 0.15) is 0 Å². The molecule has 1 aliphatic heterocycles. The van der Waals surface area contributed by atoms with Crippen molar-refractivity contribution < 1.29 is 8.78 Å². The van der Waals surface area contributed by atoms with Crippen molar-refractivity contribution in [3.05, 3.63) is 33.8 Å². The van der Waals surface area contributed by atoms with Gasteiger partial charge in [0, 0.05) is 42.3 Å². The molecule has 22 heavy (non-hydrogen) atoms. The van der Waals surface area contributed by atoms with Crippen LogP contribution in [0, 0.1) is 0 Å². The Balaban J connectivity index is 1.86. The molecule has 0 aromatic heterocycles. The average Bonchev–Trinajstić information content (AvgIpc) is 2.44. The Morgan fingerprint density at radius 3 is 2.45 bits per heavy atom. The molecule has 124 valence electrons. The Hall–Kier alpha value is -0.420. The van der Waals surface area contributed by atoms with Crippen molar-refractivity contribution in [2.75, 3.05) is 32.7 Å². The molecular formula is C16H22Cl2F2N2. The molecule has 1 aromatic rings. The van der Waals surface area contributed by atoms with Gasteiger partial charge in [-0.1, -0.05) is 30.1 Å². The van der Waals surface area contributed by atoms with Crippen LogP contribution in [0.1, 0.15) is 18.9 Å². The first-order valence-corrected chi connectivity index (χ1v) is 8.43. The number of hydrogen-bond donors (Lipinski definition) is 0. The lowest BCUT2D eigenvalue weighted by Gasteiger charge is -2.41. The molecule has 0 amide bonds. The fraction of sp³-hybridized carbons (Fsp3) is 0.625. The summed E-state index contributed by atoms with van der Waals surface area (Å²) in [6, 6.07) is 5.80. The lowest BCUT2D eigenvalue weighted by Crippen LogP contribution is -2.54. The molecule has 2 nitrogen and oxygen atoms in total. The monoisotopic (exact) mass is 350 g/mol. The Bertz CT molecular complexity index is 465. The lowest BCUT2D eigenvalue weighted by atomic mass is 10.1. The van der Waals surface area contributed by atoms with Gasteiger partial charge in [-0.05, 0) is 36.6 Å². The van der Waals surface area contributed by atoms with Crippen molar-refractivity contribution in [2.24, 2.45) is 0 Å². The summed E-state index contributed by atoms with van der Waals surface area (Å²) in [5, 5.41) is 1.30. The molecule has 1 atom stereocenters. The molecule has 0 N–H and O–H groups in total. The van der Waals surface area contributed by atoms with E-state index < -0.39 is 6.43 Å². The molecule has 0 spiro atoms. The Labute approximate surface area is 141 Å². The molecule has 0 bridgehead atoms. The van der Waals surface area contributed by atoms with E-state index >= 15 is 0 Å². The van der Waals surface area contributed by atoms with Crippen LogP contribution in [0.4, 0.5) is 8.78 Å². The second-order valence-electron chi connectivity index (χ2n) is 5.78. The van der Waals surface area contributed by atoms with Crippen LogP contribution in [0.2, 0.25) is 10.0 Å².